The highest BCUT2D eigenvalue weighted by molar-refractivity contribution is 5.69. The van der Waals surface area contributed by atoms with E-state index in [1.54, 1.807) is 0 Å². The van der Waals surface area contributed by atoms with Crippen LogP contribution in [0.5, 0.6) is 0 Å². The Morgan fingerprint density at radius 3 is 3.17 bits per heavy atom. The summed E-state index contributed by atoms with van der Waals surface area (Å²) in [5, 5.41) is 10.8. The summed E-state index contributed by atoms with van der Waals surface area (Å²) in [6.45, 7) is 0. The molecular formula is C5H4N5O2-. The van der Waals surface area contributed by atoms with Gasteiger partial charge in [0.15, 0.2) is 17.1 Å². The number of rotatable bonds is 0. The van der Waals surface area contributed by atoms with Crippen molar-refractivity contribution in [2.24, 2.45) is 0 Å². The van der Waals surface area contributed by atoms with Crippen LogP contribution in [0.25, 0.3) is 11.2 Å². The molecule has 0 aliphatic carbocycles. The minimum Gasteiger partial charge on any atom is -0.801 e. The number of aromatic amines is 1. The maximum atomic E-state index is 11.1. The van der Waals surface area contributed by atoms with E-state index in [2.05, 4.69) is 15.0 Å². The molecule has 2 rings (SSSR count). The number of fused-ring (bicyclic) bond motifs is 1. The standard InChI is InChI=1S/C5H4N5O2/c6-5-9-3-2(7-1-8-3)4(11)10(5)12/h1H,(H2,6,9)(H,7,8)/q-1. The van der Waals surface area contributed by atoms with Gasteiger partial charge in [-0.05, 0) is 0 Å². The predicted molar refractivity (Wildman–Crippen MR) is 41.3 cm³/mol. The minimum atomic E-state index is -0.769. The first-order chi connectivity index (χ1) is 5.70. The zero-order chi connectivity index (χ0) is 8.72. The molecule has 12 heavy (non-hydrogen) atoms. The summed E-state index contributed by atoms with van der Waals surface area (Å²) in [5.41, 5.74) is 4.59. The Kier molecular flexibility index (Phi) is 1.09. The number of imidazole rings is 1. The van der Waals surface area contributed by atoms with Crippen molar-refractivity contribution in [2.45, 2.75) is 0 Å². The van der Waals surface area contributed by atoms with E-state index in [-0.39, 0.29) is 21.8 Å². The third kappa shape index (κ3) is 0.669. The van der Waals surface area contributed by atoms with E-state index in [4.69, 9.17) is 5.73 Å². The second kappa shape index (κ2) is 1.97. The Morgan fingerprint density at radius 2 is 2.42 bits per heavy atom. The van der Waals surface area contributed by atoms with Crippen molar-refractivity contribution in [3.05, 3.63) is 21.9 Å². The number of aromatic nitrogens is 4. The molecule has 0 aliphatic heterocycles. The molecule has 0 fully saturated rings. The molecule has 2 aromatic heterocycles. The molecule has 0 unspecified atom stereocenters. The van der Waals surface area contributed by atoms with E-state index in [0.29, 0.717) is 0 Å². The number of hydrogen-bond donors (Lipinski definition) is 2. The molecule has 7 nitrogen and oxygen atoms in total. The number of nitrogen functional groups attached to an aromatic ring is 1. The van der Waals surface area contributed by atoms with Crippen LogP contribution in [-0.4, -0.2) is 19.7 Å². The summed E-state index contributed by atoms with van der Waals surface area (Å²) in [7, 11) is 0. The highest BCUT2D eigenvalue weighted by Gasteiger charge is 2.04. The lowest BCUT2D eigenvalue weighted by atomic mass is 10.5. The van der Waals surface area contributed by atoms with E-state index >= 15 is 0 Å². The van der Waals surface area contributed by atoms with Gasteiger partial charge in [-0.3, -0.25) is 4.79 Å². The molecule has 0 aromatic carbocycles. The Balaban J connectivity index is 3.05. The van der Waals surface area contributed by atoms with Gasteiger partial charge in [0, 0.05) is 0 Å². The number of anilines is 1. The molecule has 0 spiro atoms. The summed E-state index contributed by atoms with van der Waals surface area (Å²) in [4.78, 5) is 20.8. The monoisotopic (exact) mass is 166 g/mol. The third-order valence-electron chi connectivity index (χ3n) is 1.45. The number of hydrogen-bond acceptors (Lipinski definition) is 5. The topological polar surface area (TPSA) is 113 Å². The van der Waals surface area contributed by atoms with Crippen LogP contribution >= 0.6 is 0 Å². The van der Waals surface area contributed by atoms with Crippen LogP contribution in [0.1, 0.15) is 0 Å². The summed E-state index contributed by atoms with van der Waals surface area (Å²) < 4.78 is 0.0144. The van der Waals surface area contributed by atoms with Crippen molar-refractivity contribution in [1.82, 2.24) is 19.7 Å². The second-order valence-corrected chi connectivity index (χ2v) is 2.17. The molecule has 0 aliphatic rings. The van der Waals surface area contributed by atoms with Crippen LogP contribution in [0.2, 0.25) is 0 Å². The van der Waals surface area contributed by atoms with Crippen LogP contribution in [0, 0.1) is 5.21 Å². The van der Waals surface area contributed by atoms with Crippen LogP contribution in [0.4, 0.5) is 5.95 Å². The van der Waals surface area contributed by atoms with E-state index in [1.807, 2.05) is 0 Å². The molecule has 2 heterocycles. The smallest absolute Gasteiger partial charge is 0.276 e. The van der Waals surface area contributed by atoms with Crippen molar-refractivity contribution in [3.8, 4) is 0 Å². The largest absolute Gasteiger partial charge is 0.801 e. The molecule has 0 atom stereocenters. The highest BCUT2D eigenvalue weighted by Crippen LogP contribution is 2.01. The molecule has 7 heteroatoms. The van der Waals surface area contributed by atoms with Crippen LogP contribution in [-0.2, 0) is 0 Å². The summed E-state index contributed by atoms with van der Waals surface area (Å²) in [6, 6.07) is 0. The molecule has 0 radical (unpaired) electrons. The molecule has 3 N–H and O–H groups in total. The van der Waals surface area contributed by atoms with E-state index in [1.165, 1.54) is 6.33 Å². The lowest BCUT2D eigenvalue weighted by Crippen LogP contribution is -2.20. The van der Waals surface area contributed by atoms with E-state index in [0.717, 1.165) is 0 Å². The summed E-state index contributed by atoms with van der Waals surface area (Å²) in [6.07, 6.45) is 1.28. The number of nitrogens with zero attached hydrogens (tertiary/aromatic N) is 3. The first-order valence-electron chi connectivity index (χ1n) is 3.09. The maximum Gasteiger partial charge on any atom is 0.276 e. The fraction of sp³-hybridized carbons (Fsp3) is 0. The fourth-order valence-corrected chi connectivity index (χ4v) is 0.889. The Bertz CT molecular complexity index is 484. The minimum absolute atomic E-state index is 0.0144. The van der Waals surface area contributed by atoms with Crippen molar-refractivity contribution in [1.29, 1.82) is 0 Å². The van der Waals surface area contributed by atoms with Crippen LogP contribution < -0.4 is 11.3 Å². The van der Waals surface area contributed by atoms with Gasteiger partial charge in [-0.25, -0.2) is 4.98 Å². The third-order valence-corrected chi connectivity index (χ3v) is 1.45. The number of H-pyrrole nitrogens is 1. The Labute approximate surface area is 65.4 Å². The zero-order valence-electron chi connectivity index (χ0n) is 5.81. The molecule has 62 valence electrons. The van der Waals surface area contributed by atoms with Gasteiger partial charge in [-0.15, -0.1) is 0 Å². The second-order valence-electron chi connectivity index (χ2n) is 2.17. The fourth-order valence-electron chi connectivity index (χ4n) is 0.889. The first kappa shape index (κ1) is 6.65. The quantitative estimate of drug-likeness (QED) is 0.523. The normalized spacial score (nSPS) is 10.7. The van der Waals surface area contributed by atoms with Gasteiger partial charge in [0.25, 0.3) is 5.56 Å². The van der Waals surface area contributed by atoms with E-state index < -0.39 is 5.56 Å². The summed E-state index contributed by atoms with van der Waals surface area (Å²) in [5.74, 6) is -0.389. The van der Waals surface area contributed by atoms with Gasteiger partial charge in [0.2, 0.25) is 0 Å². The SMILES string of the molecule is Nc1nc2nc[nH]c2c(=O)n1[O-]. The number of nitrogens with two attached hydrogens (primary N) is 1. The van der Waals surface area contributed by atoms with E-state index in [9.17, 15) is 10.0 Å². The molecule has 0 amide bonds. The molecule has 0 saturated carbocycles. The lowest BCUT2D eigenvalue weighted by molar-refractivity contribution is 0.988. The summed E-state index contributed by atoms with van der Waals surface area (Å²) >= 11 is 0. The molecule has 0 saturated heterocycles. The Hall–Kier alpha value is -2.05. The van der Waals surface area contributed by atoms with Crippen LogP contribution in [0.15, 0.2) is 11.1 Å². The van der Waals surface area contributed by atoms with Gasteiger partial charge >= 0.3 is 0 Å². The van der Waals surface area contributed by atoms with Gasteiger partial charge in [-0.2, -0.15) is 4.98 Å². The maximum absolute atomic E-state index is 11.1. The van der Waals surface area contributed by atoms with Crippen molar-refractivity contribution in [2.75, 3.05) is 5.73 Å². The highest BCUT2D eigenvalue weighted by atomic mass is 16.5. The molecule has 2 aromatic rings. The van der Waals surface area contributed by atoms with Crippen molar-refractivity contribution in [3.63, 3.8) is 0 Å². The van der Waals surface area contributed by atoms with Gasteiger partial charge in [0.1, 0.15) is 0 Å². The average molecular weight is 166 g/mol. The average Bonchev–Trinajstić information content (AvgIpc) is 2.48. The zero-order valence-corrected chi connectivity index (χ0v) is 5.81. The predicted octanol–water partition coefficient (Wildman–Crippen LogP) is -0.952. The molecular weight excluding hydrogens is 162 g/mol. The van der Waals surface area contributed by atoms with Gasteiger partial charge < -0.3 is 20.7 Å². The molecule has 0 bridgehead atoms. The van der Waals surface area contributed by atoms with Crippen molar-refractivity contribution >= 4 is 17.1 Å². The van der Waals surface area contributed by atoms with Gasteiger partial charge in [0.05, 0.1) is 6.33 Å². The van der Waals surface area contributed by atoms with Crippen molar-refractivity contribution < 1.29 is 0 Å². The Morgan fingerprint density at radius 1 is 1.67 bits per heavy atom. The first-order valence-corrected chi connectivity index (χ1v) is 3.09. The van der Waals surface area contributed by atoms with Gasteiger partial charge in [-0.1, -0.05) is 0 Å². The number of nitrogens with one attached hydrogen (secondary N) is 1. The van der Waals surface area contributed by atoms with Crippen LogP contribution in [0.3, 0.4) is 0 Å². The lowest BCUT2D eigenvalue weighted by Gasteiger charge is -2.09.